The van der Waals surface area contributed by atoms with Gasteiger partial charge >= 0.3 is 0 Å². The highest BCUT2D eigenvalue weighted by Crippen LogP contribution is 2.36. The number of aryl methyl sites for hydroxylation is 1. The molecule has 0 atom stereocenters. The molecule has 1 aromatic heterocycles. The quantitative estimate of drug-likeness (QED) is 0.200. The average Bonchev–Trinajstić information content (AvgIpc) is 3.29. The van der Waals surface area contributed by atoms with Crippen molar-refractivity contribution in [2.45, 2.75) is 32.7 Å². The maximum absolute atomic E-state index is 13.6. The summed E-state index contributed by atoms with van der Waals surface area (Å²) in [6.07, 6.45) is 3.98. The number of imide groups is 1. The molecule has 1 saturated heterocycles. The Kier molecular flexibility index (Phi) is 7.55. The van der Waals surface area contributed by atoms with Gasteiger partial charge in [-0.1, -0.05) is 49.2 Å². The minimum Gasteiger partial charge on any atom is -0.378 e. The third-order valence-electron chi connectivity index (χ3n) is 7.56. The van der Waals surface area contributed by atoms with E-state index in [1.165, 1.54) is 18.3 Å². The summed E-state index contributed by atoms with van der Waals surface area (Å²) >= 11 is 6.56. The van der Waals surface area contributed by atoms with Gasteiger partial charge < -0.3 is 14.2 Å². The van der Waals surface area contributed by atoms with Gasteiger partial charge in [0.2, 0.25) is 0 Å². The first-order chi connectivity index (χ1) is 20.0. The van der Waals surface area contributed by atoms with Crippen LogP contribution in [-0.4, -0.2) is 58.9 Å². The maximum atomic E-state index is 13.6. The van der Waals surface area contributed by atoms with Crippen LogP contribution in [0.1, 0.15) is 57.6 Å². The molecule has 1 fully saturated rings. The smallest absolute Gasteiger partial charge is 0.282 e. The molecule has 0 unspecified atom stereocenters. The molecule has 2 aliphatic rings. The lowest BCUT2D eigenvalue weighted by molar-refractivity contribution is 0.0616. The van der Waals surface area contributed by atoms with Crippen LogP contribution in [0.3, 0.4) is 0 Å². The zero-order chi connectivity index (χ0) is 28.5. The molecule has 41 heavy (non-hydrogen) atoms. The largest absolute Gasteiger partial charge is 0.378 e. The maximum Gasteiger partial charge on any atom is 0.282 e. The van der Waals surface area contributed by atoms with Gasteiger partial charge in [0.25, 0.3) is 11.8 Å². The summed E-state index contributed by atoms with van der Waals surface area (Å²) in [5, 5.41) is 6.97. The number of carbonyl (C=O) groups excluding carboxylic acids is 2. The van der Waals surface area contributed by atoms with Crippen LogP contribution in [0.5, 0.6) is 0 Å². The molecule has 4 aromatic rings. The molecule has 3 heterocycles. The van der Waals surface area contributed by atoms with Crippen LogP contribution >= 0.6 is 11.6 Å². The number of amides is 2. The molecule has 0 saturated carbocycles. The molecule has 0 aliphatic carbocycles. The number of hydrazone groups is 1. The van der Waals surface area contributed by atoms with Crippen LogP contribution in [0.25, 0.3) is 10.8 Å². The molecule has 2 amide bonds. The second-order valence-corrected chi connectivity index (χ2v) is 10.5. The van der Waals surface area contributed by atoms with Crippen molar-refractivity contribution >= 4 is 46.1 Å². The van der Waals surface area contributed by atoms with E-state index in [4.69, 9.17) is 16.3 Å². The summed E-state index contributed by atoms with van der Waals surface area (Å²) in [5.74, 6) is -0.574. The Bertz CT molecular complexity index is 1640. The van der Waals surface area contributed by atoms with E-state index in [0.29, 0.717) is 48.4 Å². The minimum absolute atomic E-state index is 0.219. The molecule has 2 aliphatic heterocycles. The van der Waals surface area contributed by atoms with Gasteiger partial charge in [0.15, 0.2) is 5.15 Å². The first-order valence-electron chi connectivity index (χ1n) is 13.8. The lowest BCUT2D eigenvalue weighted by Gasteiger charge is -2.31. The molecular weight excluding hydrogens is 545 g/mol. The summed E-state index contributed by atoms with van der Waals surface area (Å²) in [4.78, 5) is 34.0. The van der Waals surface area contributed by atoms with Crippen LogP contribution in [-0.2, 0) is 17.7 Å². The summed E-state index contributed by atoms with van der Waals surface area (Å²) in [5.41, 5.74) is 3.13. The second kappa shape index (κ2) is 11.4. The standard InChI is InChI=1S/C31H29ClFN5O3/c1-2-3-7-27-35-29(32)26(37(27)19-20-8-10-21(33)11-9-20)18-34-38-30(39)23-6-4-5-22-25(36-14-16-41-17-15-36)13-12-24(28(22)23)31(38)40/h4-6,8-13,18H,2-3,7,14-17,19H2,1H3/b34-18+. The SMILES string of the molecule is CCCCc1nc(Cl)c(/C=N/N2C(=O)c3cccc4c(N5CCOCC5)ccc(c34)C2=O)n1Cc1ccc(F)cc1. The molecule has 0 radical (unpaired) electrons. The minimum atomic E-state index is -0.504. The number of ether oxygens (including phenoxy) is 1. The lowest BCUT2D eigenvalue weighted by Crippen LogP contribution is -2.38. The second-order valence-electron chi connectivity index (χ2n) is 10.1. The van der Waals surface area contributed by atoms with Crippen molar-refractivity contribution in [1.29, 1.82) is 0 Å². The Balaban J connectivity index is 1.36. The zero-order valence-electron chi connectivity index (χ0n) is 22.6. The van der Waals surface area contributed by atoms with Crippen molar-refractivity contribution in [2.75, 3.05) is 31.2 Å². The molecule has 210 valence electrons. The number of unbranched alkanes of at least 4 members (excludes halogenated alkanes) is 1. The fourth-order valence-corrected chi connectivity index (χ4v) is 5.69. The molecule has 6 rings (SSSR count). The van der Waals surface area contributed by atoms with E-state index < -0.39 is 11.8 Å². The molecule has 0 bridgehead atoms. The van der Waals surface area contributed by atoms with Crippen molar-refractivity contribution in [3.8, 4) is 0 Å². The predicted molar refractivity (Wildman–Crippen MR) is 156 cm³/mol. The highest BCUT2D eigenvalue weighted by atomic mass is 35.5. The number of carbonyl (C=O) groups is 2. The van der Waals surface area contributed by atoms with Crippen LogP contribution in [0.15, 0.2) is 59.7 Å². The van der Waals surface area contributed by atoms with Gasteiger partial charge in [-0.15, -0.1) is 0 Å². The molecule has 0 spiro atoms. The monoisotopic (exact) mass is 573 g/mol. The van der Waals surface area contributed by atoms with Crippen LogP contribution in [0, 0.1) is 5.82 Å². The van der Waals surface area contributed by atoms with Crippen LogP contribution < -0.4 is 4.90 Å². The van der Waals surface area contributed by atoms with E-state index >= 15 is 0 Å². The Morgan fingerprint density at radius 2 is 1.76 bits per heavy atom. The number of hydrogen-bond donors (Lipinski definition) is 0. The fraction of sp³-hybridized carbons (Fsp3) is 0.290. The van der Waals surface area contributed by atoms with Gasteiger partial charge in [0, 0.05) is 42.5 Å². The molecule has 3 aromatic carbocycles. The van der Waals surface area contributed by atoms with Crippen LogP contribution in [0.2, 0.25) is 5.15 Å². The number of anilines is 1. The van der Waals surface area contributed by atoms with E-state index in [2.05, 4.69) is 21.9 Å². The lowest BCUT2D eigenvalue weighted by atomic mass is 9.93. The zero-order valence-corrected chi connectivity index (χ0v) is 23.4. The number of halogens is 2. The number of rotatable bonds is 8. The average molecular weight is 574 g/mol. The summed E-state index contributed by atoms with van der Waals surface area (Å²) in [7, 11) is 0. The Morgan fingerprint density at radius 1 is 1.02 bits per heavy atom. The van der Waals surface area contributed by atoms with Gasteiger partial charge in [-0.25, -0.2) is 9.37 Å². The number of benzene rings is 3. The van der Waals surface area contributed by atoms with E-state index in [1.54, 1.807) is 24.3 Å². The van der Waals surface area contributed by atoms with Gasteiger partial charge in [0.1, 0.15) is 17.3 Å². The number of imidazole rings is 1. The van der Waals surface area contributed by atoms with Crippen molar-refractivity contribution in [3.05, 3.63) is 93.8 Å². The number of aromatic nitrogens is 2. The highest BCUT2D eigenvalue weighted by Gasteiger charge is 2.34. The third kappa shape index (κ3) is 5.11. The molecule has 8 nitrogen and oxygen atoms in total. The van der Waals surface area contributed by atoms with E-state index in [9.17, 15) is 14.0 Å². The van der Waals surface area contributed by atoms with Gasteiger partial charge in [-0.2, -0.15) is 10.1 Å². The van der Waals surface area contributed by atoms with Gasteiger partial charge in [0.05, 0.1) is 30.6 Å². The van der Waals surface area contributed by atoms with Crippen LogP contribution in [0.4, 0.5) is 10.1 Å². The third-order valence-corrected chi connectivity index (χ3v) is 7.84. The van der Waals surface area contributed by atoms with Crippen molar-refractivity contribution < 1.29 is 18.7 Å². The normalized spacial score (nSPS) is 15.5. The van der Waals surface area contributed by atoms with Gasteiger partial charge in [-0.3, -0.25) is 9.59 Å². The van der Waals surface area contributed by atoms with Crippen molar-refractivity contribution in [3.63, 3.8) is 0 Å². The molecule has 0 N–H and O–H groups in total. The Labute approximate surface area is 242 Å². The topological polar surface area (TPSA) is 80.0 Å². The fourth-order valence-electron chi connectivity index (χ4n) is 5.44. The highest BCUT2D eigenvalue weighted by molar-refractivity contribution is 6.32. The molecular formula is C31H29ClFN5O3. The first kappa shape index (κ1) is 27.1. The van der Waals surface area contributed by atoms with E-state index in [1.807, 2.05) is 22.8 Å². The number of morpholine rings is 1. The summed E-state index contributed by atoms with van der Waals surface area (Å²) in [6.45, 7) is 5.21. The van der Waals surface area contributed by atoms with E-state index in [-0.39, 0.29) is 11.0 Å². The molecule has 10 heteroatoms. The summed E-state index contributed by atoms with van der Waals surface area (Å²) < 4.78 is 20.9. The van der Waals surface area contributed by atoms with Crippen molar-refractivity contribution in [2.24, 2.45) is 5.10 Å². The predicted octanol–water partition coefficient (Wildman–Crippen LogP) is 5.69. The van der Waals surface area contributed by atoms with E-state index in [0.717, 1.165) is 53.4 Å². The van der Waals surface area contributed by atoms with Crippen molar-refractivity contribution in [1.82, 2.24) is 14.6 Å². The first-order valence-corrected chi connectivity index (χ1v) is 14.1. The Morgan fingerprint density at radius 3 is 2.49 bits per heavy atom. The van der Waals surface area contributed by atoms with Gasteiger partial charge in [-0.05, 0) is 42.3 Å². The Hall–Kier alpha value is -4.08. The number of nitrogens with zero attached hydrogens (tertiary/aromatic N) is 5. The number of hydrogen-bond acceptors (Lipinski definition) is 6. The summed E-state index contributed by atoms with van der Waals surface area (Å²) in [6, 6.07) is 15.4.